The Bertz CT molecular complexity index is 1340. The fourth-order valence-corrected chi connectivity index (χ4v) is 4.28. The highest BCUT2D eigenvalue weighted by Crippen LogP contribution is 2.40. The number of hydrogen-bond donors (Lipinski definition) is 2. The van der Waals surface area contributed by atoms with E-state index in [4.69, 9.17) is 32.7 Å². The van der Waals surface area contributed by atoms with Gasteiger partial charge in [-0.15, -0.1) is 0 Å². The molecule has 1 aromatic heterocycles. The molecular weight excluding hydrogens is 541 g/mol. The summed E-state index contributed by atoms with van der Waals surface area (Å²) in [5.41, 5.74) is 2.64. The molecule has 0 spiro atoms. The zero-order valence-corrected chi connectivity index (χ0v) is 24.4. The van der Waals surface area contributed by atoms with E-state index in [9.17, 15) is 4.79 Å². The van der Waals surface area contributed by atoms with Gasteiger partial charge < -0.3 is 34.8 Å². The third kappa shape index (κ3) is 7.44. The fraction of sp³-hybridized carbons (Fsp3) is 0.296. The number of carbonyl (C=O) groups excluding carboxylic acids is 1. The number of nitrogens with one attached hydrogen (secondary N) is 2. The highest BCUT2D eigenvalue weighted by Gasteiger charge is 2.18. The SMILES string of the molecule is C=CC(=O)Nc1cc(Nc2cc(N(C)c3cc(OC)c(Cl)cc3Cl)ncn2)c(OC)cc1N(C)CCN(C)C. The van der Waals surface area contributed by atoms with Crippen LogP contribution in [-0.4, -0.2) is 76.3 Å². The second-order valence-electron chi connectivity index (χ2n) is 8.87. The fourth-order valence-electron chi connectivity index (χ4n) is 3.70. The van der Waals surface area contributed by atoms with Crippen LogP contribution >= 0.6 is 23.2 Å². The molecule has 0 saturated carbocycles. The predicted octanol–water partition coefficient (Wildman–Crippen LogP) is 5.43. The van der Waals surface area contributed by atoms with E-state index in [0.29, 0.717) is 50.2 Å². The van der Waals surface area contributed by atoms with Gasteiger partial charge >= 0.3 is 0 Å². The Labute approximate surface area is 239 Å². The molecule has 3 rings (SSSR count). The number of ether oxygens (including phenoxy) is 2. The lowest BCUT2D eigenvalue weighted by Gasteiger charge is -2.26. The number of amides is 1. The van der Waals surface area contributed by atoms with Gasteiger partial charge in [-0.05, 0) is 32.3 Å². The Morgan fingerprint density at radius 3 is 2.26 bits per heavy atom. The first-order chi connectivity index (χ1) is 18.6. The third-order valence-electron chi connectivity index (χ3n) is 5.90. The summed E-state index contributed by atoms with van der Waals surface area (Å²) in [4.78, 5) is 26.9. The van der Waals surface area contributed by atoms with Crippen LogP contribution in [0.2, 0.25) is 10.0 Å². The van der Waals surface area contributed by atoms with E-state index in [1.807, 2.05) is 39.2 Å². The topological polar surface area (TPSA) is 95.1 Å². The number of aromatic nitrogens is 2. The number of carbonyl (C=O) groups is 1. The van der Waals surface area contributed by atoms with E-state index < -0.39 is 0 Å². The molecule has 208 valence electrons. The molecule has 0 unspecified atom stereocenters. The normalized spacial score (nSPS) is 10.7. The van der Waals surface area contributed by atoms with Crippen LogP contribution in [0.15, 0.2) is 49.3 Å². The number of nitrogens with zero attached hydrogens (tertiary/aromatic N) is 5. The number of rotatable bonds is 12. The van der Waals surface area contributed by atoms with Crippen molar-refractivity contribution in [3.63, 3.8) is 0 Å². The Morgan fingerprint density at radius 2 is 1.62 bits per heavy atom. The van der Waals surface area contributed by atoms with Gasteiger partial charge in [-0.25, -0.2) is 9.97 Å². The average molecular weight is 575 g/mol. The number of halogens is 2. The molecule has 0 aliphatic carbocycles. The van der Waals surface area contributed by atoms with Crippen molar-refractivity contribution in [2.45, 2.75) is 0 Å². The molecule has 0 aliphatic rings. The van der Waals surface area contributed by atoms with Gasteiger partial charge in [0.25, 0.3) is 0 Å². The quantitative estimate of drug-likeness (QED) is 0.275. The van der Waals surface area contributed by atoms with Gasteiger partial charge in [-0.1, -0.05) is 29.8 Å². The number of anilines is 6. The van der Waals surface area contributed by atoms with Gasteiger partial charge in [-0.3, -0.25) is 4.79 Å². The summed E-state index contributed by atoms with van der Waals surface area (Å²) in [7, 11) is 10.9. The van der Waals surface area contributed by atoms with Crippen molar-refractivity contribution in [2.24, 2.45) is 0 Å². The number of benzene rings is 2. The smallest absolute Gasteiger partial charge is 0.247 e. The summed E-state index contributed by atoms with van der Waals surface area (Å²) >= 11 is 12.7. The number of hydrogen-bond acceptors (Lipinski definition) is 9. The molecule has 0 fully saturated rings. The maximum Gasteiger partial charge on any atom is 0.247 e. The van der Waals surface area contributed by atoms with Crippen LogP contribution < -0.4 is 29.9 Å². The molecule has 0 aliphatic heterocycles. The van der Waals surface area contributed by atoms with E-state index >= 15 is 0 Å². The van der Waals surface area contributed by atoms with Crippen molar-refractivity contribution in [1.29, 1.82) is 0 Å². The maximum atomic E-state index is 12.2. The van der Waals surface area contributed by atoms with Crippen molar-refractivity contribution in [2.75, 3.05) is 75.9 Å². The van der Waals surface area contributed by atoms with Crippen molar-refractivity contribution in [1.82, 2.24) is 14.9 Å². The predicted molar refractivity (Wildman–Crippen MR) is 160 cm³/mol. The second kappa shape index (κ2) is 13.4. The Balaban J connectivity index is 1.97. The van der Waals surface area contributed by atoms with E-state index in [1.165, 1.54) is 19.5 Å². The standard InChI is InChI=1S/C27H33Cl2N7O3/c1-8-27(37)33-19-12-20(24(39-7)14-22(19)35(4)10-9-34(2)3)32-25-15-26(31-16-30-25)36(5)21-13-23(38-6)18(29)11-17(21)28/h8,11-16H,1,9-10H2,2-7H3,(H,33,37)(H,30,31,32). The van der Waals surface area contributed by atoms with Gasteiger partial charge in [0.1, 0.15) is 29.5 Å². The first kappa shape index (κ1) is 29.8. The molecular formula is C27H33Cl2N7O3. The molecule has 39 heavy (non-hydrogen) atoms. The van der Waals surface area contributed by atoms with E-state index in [0.717, 1.165) is 18.8 Å². The van der Waals surface area contributed by atoms with Crippen LogP contribution in [0.3, 0.4) is 0 Å². The lowest BCUT2D eigenvalue weighted by atomic mass is 10.2. The second-order valence-corrected chi connectivity index (χ2v) is 9.69. The summed E-state index contributed by atoms with van der Waals surface area (Å²) < 4.78 is 11.0. The summed E-state index contributed by atoms with van der Waals surface area (Å²) in [5, 5.41) is 7.02. The molecule has 0 saturated heterocycles. The minimum atomic E-state index is -0.324. The van der Waals surface area contributed by atoms with E-state index in [2.05, 4.69) is 32.1 Å². The minimum absolute atomic E-state index is 0.324. The van der Waals surface area contributed by atoms with Crippen LogP contribution in [-0.2, 0) is 4.79 Å². The summed E-state index contributed by atoms with van der Waals surface area (Å²) in [6.45, 7) is 5.13. The van der Waals surface area contributed by atoms with Crippen molar-refractivity contribution >= 4 is 63.5 Å². The molecule has 10 nitrogen and oxygen atoms in total. The molecule has 2 aromatic carbocycles. The molecule has 12 heteroatoms. The van der Waals surface area contributed by atoms with Crippen molar-refractivity contribution in [3.8, 4) is 11.5 Å². The molecule has 0 bridgehead atoms. The molecule has 0 atom stereocenters. The largest absolute Gasteiger partial charge is 0.495 e. The maximum absolute atomic E-state index is 12.2. The van der Waals surface area contributed by atoms with Gasteiger partial charge in [0.15, 0.2) is 0 Å². The van der Waals surface area contributed by atoms with E-state index in [-0.39, 0.29) is 5.91 Å². The van der Waals surface area contributed by atoms with Crippen LogP contribution in [0.25, 0.3) is 0 Å². The van der Waals surface area contributed by atoms with Gasteiger partial charge in [-0.2, -0.15) is 0 Å². The van der Waals surface area contributed by atoms with Crippen molar-refractivity contribution < 1.29 is 14.3 Å². The van der Waals surface area contributed by atoms with Gasteiger partial charge in [0.05, 0.1) is 47.0 Å². The highest BCUT2D eigenvalue weighted by molar-refractivity contribution is 6.37. The summed E-state index contributed by atoms with van der Waals surface area (Å²) in [6.07, 6.45) is 2.66. The van der Waals surface area contributed by atoms with E-state index in [1.54, 1.807) is 36.3 Å². The van der Waals surface area contributed by atoms with Gasteiger partial charge in [0, 0.05) is 45.4 Å². The van der Waals surface area contributed by atoms with Crippen LogP contribution in [0.1, 0.15) is 0 Å². The minimum Gasteiger partial charge on any atom is -0.495 e. The zero-order chi connectivity index (χ0) is 28.7. The van der Waals surface area contributed by atoms with Crippen LogP contribution in [0, 0.1) is 0 Å². The zero-order valence-electron chi connectivity index (χ0n) is 22.9. The molecule has 2 N–H and O–H groups in total. The molecule has 1 heterocycles. The third-order valence-corrected chi connectivity index (χ3v) is 6.49. The average Bonchev–Trinajstić information content (AvgIpc) is 2.91. The number of methoxy groups -OCH3 is 2. The Kier molecular flexibility index (Phi) is 10.2. The highest BCUT2D eigenvalue weighted by atomic mass is 35.5. The molecule has 1 amide bonds. The monoisotopic (exact) mass is 573 g/mol. The lowest BCUT2D eigenvalue weighted by molar-refractivity contribution is -0.111. The summed E-state index contributed by atoms with van der Waals surface area (Å²) in [6, 6.07) is 8.78. The first-order valence-electron chi connectivity index (χ1n) is 11.9. The van der Waals surface area contributed by atoms with Crippen LogP contribution in [0.5, 0.6) is 11.5 Å². The number of likely N-dealkylation sites (N-methyl/N-ethyl adjacent to an activating group) is 2. The van der Waals surface area contributed by atoms with Gasteiger partial charge in [0.2, 0.25) is 5.91 Å². The lowest BCUT2D eigenvalue weighted by Crippen LogP contribution is -2.29. The summed E-state index contributed by atoms with van der Waals surface area (Å²) in [5.74, 6) is 1.80. The first-order valence-corrected chi connectivity index (χ1v) is 12.7. The Hall–Kier alpha value is -3.73. The van der Waals surface area contributed by atoms with Crippen LogP contribution in [0.4, 0.5) is 34.4 Å². The van der Waals surface area contributed by atoms with Crippen molar-refractivity contribution in [3.05, 3.63) is 59.4 Å². The molecule has 0 radical (unpaired) electrons. The Morgan fingerprint density at radius 1 is 0.923 bits per heavy atom. The molecule has 3 aromatic rings.